The van der Waals surface area contributed by atoms with Crippen LogP contribution in [0.2, 0.25) is 0 Å². The van der Waals surface area contributed by atoms with Gasteiger partial charge in [0.1, 0.15) is 12.7 Å². The molecule has 0 aromatic heterocycles. The highest BCUT2D eigenvalue weighted by Crippen LogP contribution is 2.06. The molecule has 0 aromatic carbocycles. The van der Waals surface area contributed by atoms with Gasteiger partial charge in [-0.1, -0.05) is 12.2 Å². The van der Waals surface area contributed by atoms with Crippen molar-refractivity contribution in [3.63, 3.8) is 0 Å². The van der Waals surface area contributed by atoms with Gasteiger partial charge in [0, 0.05) is 6.92 Å². The molecule has 0 fully saturated rings. The van der Waals surface area contributed by atoms with E-state index in [1.165, 1.54) is 6.92 Å². The fraction of sp³-hybridized carbons (Fsp3) is 0.636. The molecule has 1 rings (SSSR count). The zero-order chi connectivity index (χ0) is 14.3. The first kappa shape index (κ1) is 15.8. The summed E-state index contributed by atoms with van der Waals surface area (Å²) in [6, 6.07) is -0.189. The smallest absolute Gasteiger partial charge is 0.302 e. The molecule has 0 unspecified atom stereocenters. The molecule has 0 bridgehead atoms. The van der Waals surface area contributed by atoms with E-state index >= 15 is 0 Å². The summed E-state index contributed by atoms with van der Waals surface area (Å²) in [4.78, 5) is 10.6. The van der Waals surface area contributed by atoms with E-state index in [9.17, 15) is 13.6 Å². The maximum absolute atomic E-state index is 11.9. The van der Waals surface area contributed by atoms with Crippen LogP contribution in [0.4, 0.5) is 8.78 Å². The van der Waals surface area contributed by atoms with Crippen molar-refractivity contribution in [3.05, 3.63) is 12.2 Å². The number of thiocarbonyl (C=S) groups is 1. The first-order chi connectivity index (χ1) is 8.97. The van der Waals surface area contributed by atoms with Gasteiger partial charge in [0.15, 0.2) is 5.11 Å². The van der Waals surface area contributed by atoms with Crippen LogP contribution >= 0.6 is 12.2 Å². The Balaban J connectivity index is 2.25. The predicted octanol–water partition coefficient (Wildman–Crippen LogP) is 0.602. The number of hydrogen-bond donors (Lipinski definition) is 2. The van der Waals surface area contributed by atoms with Crippen molar-refractivity contribution in [3.8, 4) is 0 Å². The molecule has 0 aromatic rings. The highest BCUT2D eigenvalue weighted by Gasteiger charge is 2.17. The van der Waals surface area contributed by atoms with Crippen molar-refractivity contribution in [1.82, 2.24) is 10.6 Å². The Morgan fingerprint density at radius 2 is 2.32 bits per heavy atom. The maximum Gasteiger partial charge on any atom is 0.302 e. The molecule has 0 radical (unpaired) electrons. The molecule has 0 saturated heterocycles. The molecule has 5 nitrogen and oxygen atoms in total. The van der Waals surface area contributed by atoms with Crippen LogP contribution < -0.4 is 10.6 Å². The van der Waals surface area contributed by atoms with E-state index < -0.39 is 13.0 Å². The number of nitrogens with one attached hydrogen (secondary N) is 2. The first-order valence-corrected chi connectivity index (χ1v) is 6.14. The standard InChI is InChI=1S/C11H16F2N2O3S/c1-7(16)17-6-9-3-2-8(5-18-9)15-11(19)14-4-10(12)13/h2-3,8-10H,4-6H2,1H3,(H2,14,15,19)/t8-,9-/m1/s1. The molecule has 2 N–H and O–H groups in total. The summed E-state index contributed by atoms with van der Waals surface area (Å²) in [6.45, 7) is 1.31. The topological polar surface area (TPSA) is 59.6 Å². The Labute approximate surface area is 115 Å². The Bertz CT molecular complexity index is 353. The Morgan fingerprint density at radius 1 is 1.58 bits per heavy atom. The van der Waals surface area contributed by atoms with E-state index in [0.29, 0.717) is 6.61 Å². The minimum atomic E-state index is -2.45. The van der Waals surface area contributed by atoms with Gasteiger partial charge >= 0.3 is 5.97 Å². The SMILES string of the molecule is CC(=O)OC[C@H]1C=C[C@@H](NC(=S)NCC(F)F)CO1. The van der Waals surface area contributed by atoms with Crippen molar-refractivity contribution in [2.75, 3.05) is 19.8 Å². The number of hydrogen-bond acceptors (Lipinski definition) is 4. The van der Waals surface area contributed by atoms with Gasteiger partial charge in [-0.25, -0.2) is 8.78 Å². The molecular formula is C11H16F2N2O3S. The second-order valence-corrected chi connectivity index (χ2v) is 4.32. The van der Waals surface area contributed by atoms with Crippen molar-refractivity contribution in [1.29, 1.82) is 0 Å². The normalized spacial score (nSPS) is 22.1. The zero-order valence-electron chi connectivity index (χ0n) is 10.4. The van der Waals surface area contributed by atoms with Crippen LogP contribution in [0.3, 0.4) is 0 Å². The predicted molar refractivity (Wildman–Crippen MR) is 69.0 cm³/mol. The maximum atomic E-state index is 11.9. The van der Waals surface area contributed by atoms with Crippen LogP contribution in [0.15, 0.2) is 12.2 Å². The number of halogens is 2. The van der Waals surface area contributed by atoms with E-state index in [0.717, 1.165) is 0 Å². The summed E-state index contributed by atoms with van der Waals surface area (Å²) < 4.78 is 34.1. The minimum absolute atomic E-state index is 0.150. The van der Waals surface area contributed by atoms with Crippen molar-refractivity contribution in [2.24, 2.45) is 0 Å². The molecule has 0 spiro atoms. The van der Waals surface area contributed by atoms with Crippen LogP contribution in [0, 0.1) is 0 Å². The molecule has 8 heteroatoms. The summed E-state index contributed by atoms with van der Waals surface area (Å²) in [6.07, 6.45) is 0.795. The highest BCUT2D eigenvalue weighted by atomic mass is 32.1. The largest absolute Gasteiger partial charge is 0.463 e. The summed E-state index contributed by atoms with van der Waals surface area (Å²) in [5.74, 6) is -0.366. The second kappa shape index (κ2) is 8.00. The molecule has 1 heterocycles. The quantitative estimate of drug-likeness (QED) is 0.440. The van der Waals surface area contributed by atoms with Crippen molar-refractivity contribution in [2.45, 2.75) is 25.5 Å². The minimum Gasteiger partial charge on any atom is -0.463 e. The van der Waals surface area contributed by atoms with Gasteiger partial charge in [0.2, 0.25) is 0 Å². The van der Waals surface area contributed by atoms with Crippen LogP contribution in [0.5, 0.6) is 0 Å². The van der Waals surface area contributed by atoms with Crippen LogP contribution in [-0.2, 0) is 14.3 Å². The summed E-state index contributed by atoms with van der Waals surface area (Å²) in [5.41, 5.74) is 0. The van der Waals surface area contributed by atoms with E-state index in [1.807, 2.05) is 0 Å². The van der Waals surface area contributed by atoms with Gasteiger partial charge in [0.25, 0.3) is 6.43 Å². The number of alkyl halides is 2. The number of carbonyl (C=O) groups excluding carboxylic acids is 1. The Kier molecular flexibility index (Phi) is 6.65. The Morgan fingerprint density at radius 3 is 2.84 bits per heavy atom. The lowest BCUT2D eigenvalue weighted by atomic mass is 10.2. The fourth-order valence-electron chi connectivity index (χ4n) is 1.38. The highest BCUT2D eigenvalue weighted by molar-refractivity contribution is 7.80. The number of esters is 1. The van der Waals surface area contributed by atoms with Gasteiger partial charge in [-0.05, 0) is 12.2 Å². The van der Waals surface area contributed by atoms with E-state index in [1.54, 1.807) is 12.2 Å². The van der Waals surface area contributed by atoms with E-state index in [2.05, 4.69) is 10.6 Å². The second-order valence-electron chi connectivity index (χ2n) is 3.91. The molecular weight excluding hydrogens is 278 g/mol. The average Bonchev–Trinajstić information content (AvgIpc) is 2.35. The van der Waals surface area contributed by atoms with Crippen molar-refractivity contribution >= 4 is 23.3 Å². The van der Waals surface area contributed by atoms with Crippen LogP contribution in [0.1, 0.15) is 6.92 Å². The molecule has 108 valence electrons. The number of ether oxygens (including phenoxy) is 2. The molecule has 1 aliphatic rings. The van der Waals surface area contributed by atoms with E-state index in [4.69, 9.17) is 21.7 Å². The monoisotopic (exact) mass is 294 g/mol. The zero-order valence-corrected chi connectivity index (χ0v) is 11.2. The van der Waals surface area contributed by atoms with Crippen LogP contribution in [-0.4, -0.2) is 49.4 Å². The lowest BCUT2D eigenvalue weighted by Crippen LogP contribution is -2.46. The third-order valence-electron chi connectivity index (χ3n) is 2.23. The van der Waals surface area contributed by atoms with Gasteiger partial charge in [-0.15, -0.1) is 0 Å². The number of rotatable bonds is 5. The molecule has 0 aliphatic carbocycles. The van der Waals surface area contributed by atoms with Gasteiger partial charge in [-0.2, -0.15) is 0 Å². The molecule has 19 heavy (non-hydrogen) atoms. The third-order valence-corrected chi connectivity index (χ3v) is 2.49. The van der Waals surface area contributed by atoms with E-state index in [-0.39, 0.29) is 29.8 Å². The third kappa shape index (κ3) is 7.02. The fourth-order valence-corrected chi connectivity index (χ4v) is 1.61. The molecule has 0 amide bonds. The Hall–Kier alpha value is -1.28. The number of carbonyl (C=O) groups is 1. The molecule has 0 saturated carbocycles. The van der Waals surface area contributed by atoms with Gasteiger partial charge in [0.05, 0.1) is 19.2 Å². The molecule has 2 atom stereocenters. The first-order valence-electron chi connectivity index (χ1n) is 5.73. The average molecular weight is 294 g/mol. The summed E-state index contributed by atoms with van der Waals surface area (Å²) in [7, 11) is 0. The lowest BCUT2D eigenvalue weighted by Gasteiger charge is -2.25. The van der Waals surface area contributed by atoms with Crippen LogP contribution in [0.25, 0.3) is 0 Å². The molecule has 1 aliphatic heterocycles. The van der Waals surface area contributed by atoms with Gasteiger partial charge < -0.3 is 20.1 Å². The summed E-state index contributed by atoms with van der Waals surface area (Å²) >= 11 is 4.85. The summed E-state index contributed by atoms with van der Waals surface area (Å²) in [5, 5.41) is 5.37. The lowest BCUT2D eigenvalue weighted by molar-refractivity contribution is -0.144. The van der Waals surface area contributed by atoms with Gasteiger partial charge in [-0.3, -0.25) is 4.79 Å². The van der Waals surface area contributed by atoms with Crippen molar-refractivity contribution < 1.29 is 23.0 Å².